The molecule has 158 valence electrons. The van der Waals surface area contributed by atoms with E-state index in [1.807, 2.05) is 23.1 Å². The number of para-hydroxylation sites is 1. The Morgan fingerprint density at radius 3 is 2.39 bits per heavy atom. The van der Waals surface area contributed by atoms with Crippen LogP contribution in [0.1, 0.15) is 25.7 Å². The van der Waals surface area contributed by atoms with E-state index in [0.717, 1.165) is 45.7 Å². The van der Waals surface area contributed by atoms with Crippen LogP contribution in [0.25, 0.3) is 0 Å². The number of anilines is 1. The van der Waals surface area contributed by atoms with Crippen LogP contribution in [0.5, 0.6) is 0 Å². The van der Waals surface area contributed by atoms with Crippen molar-refractivity contribution in [2.45, 2.75) is 25.7 Å². The molecule has 1 aromatic rings. The maximum absolute atomic E-state index is 12.3. The maximum Gasteiger partial charge on any atom is 0.224 e. The van der Waals surface area contributed by atoms with Crippen LogP contribution in [0.15, 0.2) is 30.3 Å². The van der Waals surface area contributed by atoms with Gasteiger partial charge in [0, 0.05) is 51.3 Å². The minimum atomic E-state index is 0. The second-order valence-electron chi connectivity index (χ2n) is 7.20. The molecule has 1 aromatic carbocycles. The number of carbonyl (C=O) groups excluding carboxylic acids is 2. The number of benzene rings is 1. The maximum atomic E-state index is 12.3. The van der Waals surface area contributed by atoms with Crippen LogP contribution in [0.3, 0.4) is 0 Å². The van der Waals surface area contributed by atoms with Crippen LogP contribution in [-0.4, -0.2) is 62.5 Å². The van der Waals surface area contributed by atoms with Crippen molar-refractivity contribution in [2.24, 2.45) is 5.92 Å². The highest BCUT2D eigenvalue weighted by atomic mass is 35.5. The predicted octanol–water partition coefficient (Wildman–Crippen LogP) is 2.07. The smallest absolute Gasteiger partial charge is 0.224 e. The largest absolute Gasteiger partial charge is 0.368 e. The lowest BCUT2D eigenvalue weighted by Crippen LogP contribution is -2.49. The summed E-state index contributed by atoms with van der Waals surface area (Å²) in [7, 11) is 0. The molecule has 2 heterocycles. The molecule has 28 heavy (non-hydrogen) atoms. The van der Waals surface area contributed by atoms with Crippen LogP contribution in [-0.2, 0) is 9.59 Å². The predicted molar refractivity (Wildman–Crippen MR) is 118 cm³/mol. The van der Waals surface area contributed by atoms with Crippen molar-refractivity contribution in [1.82, 2.24) is 15.5 Å². The lowest BCUT2D eigenvalue weighted by molar-refractivity contribution is -0.131. The van der Waals surface area contributed by atoms with Gasteiger partial charge in [0.25, 0.3) is 0 Å². The van der Waals surface area contributed by atoms with Crippen molar-refractivity contribution in [2.75, 3.05) is 50.7 Å². The average Bonchev–Trinajstić information content (AvgIpc) is 3.21. The molecule has 0 bridgehead atoms. The van der Waals surface area contributed by atoms with Crippen molar-refractivity contribution < 1.29 is 9.59 Å². The van der Waals surface area contributed by atoms with E-state index >= 15 is 0 Å². The molecule has 0 aliphatic carbocycles. The summed E-state index contributed by atoms with van der Waals surface area (Å²) in [5.74, 6) is 0.833. The fraction of sp³-hybridized carbons (Fsp3) is 0.600. The standard InChI is InChI=1S/C20H30N4O2.2ClH/c25-19(7-6-17-8-10-21-16-17)22-11-9-20(26)24-14-12-23(13-15-24)18-4-2-1-3-5-18;;/h1-5,17,21H,6-16H2,(H,22,25);2*1H. The Labute approximate surface area is 180 Å². The number of carbonyl (C=O) groups is 2. The molecule has 1 atom stereocenters. The van der Waals surface area contributed by atoms with Gasteiger partial charge in [-0.1, -0.05) is 18.2 Å². The van der Waals surface area contributed by atoms with Crippen LogP contribution in [0.4, 0.5) is 5.69 Å². The fourth-order valence-electron chi connectivity index (χ4n) is 3.70. The molecule has 6 nitrogen and oxygen atoms in total. The van der Waals surface area contributed by atoms with Gasteiger partial charge < -0.3 is 20.4 Å². The topological polar surface area (TPSA) is 64.7 Å². The Hall–Kier alpha value is -1.50. The van der Waals surface area contributed by atoms with Gasteiger partial charge in [-0.25, -0.2) is 0 Å². The molecule has 2 N–H and O–H groups in total. The normalized spacial score (nSPS) is 18.8. The average molecular weight is 431 g/mol. The number of hydrogen-bond acceptors (Lipinski definition) is 4. The van der Waals surface area contributed by atoms with Crippen LogP contribution in [0.2, 0.25) is 0 Å². The molecule has 3 rings (SSSR count). The zero-order valence-electron chi connectivity index (χ0n) is 16.3. The third-order valence-electron chi connectivity index (χ3n) is 5.36. The third kappa shape index (κ3) is 7.49. The lowest BCUT2D eigenvalue weighted by Gasteiger charge is -2.36. The van der Waals surface area contributed by atoms with E-state index < -0.39 is 0 Å². The van der Waals surface area contributed by atoms with E-state index in [-0.39, 0.29) is 36.6 Å². The molecule has 0 radical (unpaired) electrons. The highest BCUT2D eigenvalue weighted by Crippen LogP contribution is 2.16. The van der Waals surface area contributed by atoms with E-state index in [4.69, 9.17) is 0 Å². The van der Waals surface area contributed by atoms with Gasteiger partial charge in [0.2, 0.25) is 11.8 Å². The summed E-state index contributed by atoms with van der Waals surface area (Å²) < 4.78 is 0. The van der Waals surface area contributed by atoms with Crippen LogP contribution >= 0.6 is 24.8 Å². The van der Waals surface area contributed by atoms with Gasteiger partial charge >= 0.3 is 0 Å². The first-order chi connectivity index (χ1) is 12.7. The molecule has 0 aromatic heterocycles. The zero-order chi connectivity index (χ0) is 18.2. The van der Waals surface area contributed by atoms with Gasteiger partial charge in [-0.3, -0.25) is 9.59 Å². The number of amides is 2. The number of piperazine rings is 1. The van der Waals surface area contributed by atoms with Crippen LogP contribution in [0, 0.1) is 5.92 Å². The first-order valence-corrected chi connectivity index (χ1v) is 9.77. The number of nitrogens with zero attached hydrogens (tertiary/aromatic N) is 2. The second kappa shape index (κ2) is 12.9. The number of nitrogens with one attached hydrogen (secondary N) is 2. The van der Waals surface area contributed by atoms with Crippen molar-refractivity contribution in [1.29, 1.82) is 0 Å². The van der Waals surface area contributed by atoms with Crippen molar-refractivity contribution in [3.63, 3.8) is 0 Å². The van der Waals surface area contributed by atoms with Gasteiger partial charge in [0.1, 0.15) is 0 Å². The molecule has 1 unspecified atom stereocenters. The van der Waals surface area contributed by atoms with E-state index in [1.54, 1.807) is 0 Å². The van der Waals surface area contributed by atoms with Gasteiger partial charge in [-0.15, -0.1) is 24.8 Å². The van der Waals surface area contributed by atoms with Crippen molar-refractivity contribution in [3.05, 3.63) is 30.3 Å². The third-order valence-corrected chi connectivity index (χ3v) is 5.36. The van der Waals surface area contributed by atoms with E-state index in [2.05, 4.69) is 27.7 Å². The molecule has 2 amide bonds. The summed E-state index contributed by atoms with van der Waals surface area (Å²) in [5, 5.41) is 6.21. The minimum absolute atomic E-state index is 0. The Morgan fingerprint density at radius 1 is 1.04 bits per heavy atom. The number of hydrogen-bond donors (Lipinski definition) is 2. The molecule has 0 spiro atoms. The highest BCUT2D eigenvalue weighted by Gasteiger charge is 2.21. The molecule has 0 saturated carbocycles. The molecule has 2 aliphatic heterocycles. The number of halogens is 2. The molecular formula is C20H32Cl2N4O2. The summed E-state index contributed by atoms with van der Waals surface area (Å²) in [6.07, 6.45) is 3.06. The SMILES string of the molecule is Cl.Cl.O=C(CCC1CCNC1)NCCC(=O)N1CCN(c2ccccc2)CC1. The summed E-state index contributed by atoms with van der Waals surface area (Å²) >= 11 is 0. The Kier molecular flexibility index (Phi) is 11.3. The van der Waals surface area contributed by atoms with Crippen molar-refractivity contribution >= 4 is 42.3 Å². The zero-order valence-corrected chi connectivity index (χ0v) is 17.9. The highest BCUT2D eigenvalue weighted by molar-refractivity contribution is 5.85. The summed E-state index contributed by atoms with van der Waals surface area (Å²) in [5.41, 5.74) is 1.21. The Balaban J connectivity index is 0.00000196. The molecular weight excluding hydrogens is 399 g/mol. The summed E-state index contributed by atoms with van der Waals surface area (Å²) in [4.78, 5) is 28.5. The minimum Gasteiger partial charge on any atom is -0.368 e. The van der Waals surface area contributed by atoms with Crippen molar-refractivity contribution in [3.8, 4) is 0 Å². The molecule has 2 fully saturated rings. The number of rotatable bonds is 7. The fourth-order valence-corrected chi connectivity index (χ4v) is 3.70. The first kappa shape index (κ1) is 24.5. The van der Waals surface area contributed by atoms with E-state index in [9.17, 15) is 9.59 Å². The first-order valence-electron chi connectivity index (χ1n) is 9.77. The van der Waals surface area contributed by atoms with Gasteiger partial charge in [-0.05, 0) is 44.0 Å². The van der Waals surface area contributed by atoms with Gasteiger partial charge in [0.05, 0.1) is 0 Å². The van der Waals surface area contributed by atoms with Crippen LogP contribution < -0.4 is 15.5 Å². The molecule has 2 saturated heterocycles. The van der Waals surface area contributed by atoms with E-state index in [0.29, 0.717) is 25.3 Å². The lowest BCUT2D eigenvalue weighted by atomic mass is 10.0. The van der Waals surface area contributed by atoms with Gasteiger partial charge in [-0.2, -0.15) is 0 Å². The summed E-state index contributed by atoms with van der Waals surface area (Å²) in [6.45, 7) is 5.75. The van der Waals surface area contributed by atoms with Gasteiger partial charge in [0.15, 0.2) is 0 Å². The molecule has 8 heteroatoms. The Bertz CT molecular complexity index is 589. The van der Waals surface area contributed by atoms with E-state index in [1.165, 1.54) is 12.1 Å². The quantitative estimate of drug-likeness (QED) is 0.694. The second-order valence-corrected chi connectivity index (χ2v) is 7.20. The summed E-state index contributed by atoms with van der Waals surface area (Å²) in [6, 6.07) is 10.3. The molecule has 2 aliphatic rings. The Morgan fingerprint density at radius 2 is 1.75 bits per heavy atom. The monoisotopic (exact) mass is 430 g/mol.